The summed E-state index contributed by atoms with van der Waals surface area (Å²) in [5, 5.41) is 3.33. The van der Waals surface area contributed by atoms with E-state index in [9.17, 15) is 0 Å². The van der Waals surface area contributed by atoms with Gasteiger partial charge < -0.3 is 16.0 Å². The first-order valence-corrected chi connectivity index (χ1v) is 5.40. The summed E-state index contributed by atoms with van der Waals surface area (Å²) < 4.78 is 0. The largest absolute Gasteiger partial charge is 0.397 e. The van der Waals surface area contributed by atoms with Crippen molar-refractivity contribution >= 4 is 11.4 Å². The van der Waals surface area contributed by atoms with Crippen LogP contribution < -0.4 is 11.1 Å². The molecule has 3 N–H and O–H groups in total. The van der Waals surface area contributed by atoms with E-state index >= 15 is 0 Å². The van der Waals surface area contributed by atoms with Crippen molar-refractivity contribution in [1.82, 2.24) is 4.90 Å². The zero-order valence-electron chi connectivity index (χ0n) is 9.88. The van der Waals surface area contributed by atoms with Crippen LogP contribution in [0.4, 0.5) is 11.4 Å². The summed E-state index contributed by atoms with van der Waals surface area (Å²) in [6, 6.07) is 6.22. The van der Waals surface area contributed by atoms with Crippen molar-refractivity contribution in [2.24, 2.45) is 0 Å². The van der Waals surface area contributed by atoms with Gasteiger partial charge >= 0.3 is 0 Å². The Balaban J connectivity index is 2.54. The lowest BCUT2D eigenvalue weighted by Gasteiger charge is -2.13. The van der Waals surface area contributed by atoms with Gasteiger partial charge in [-0.2, -0.15) is 0 Å². The fraction of sp³-hybridized carbons (Fsp3) is 0.500. The van der Waals surface area contributed by atoms with E-state index in [1.165, 1.54) is 5.56 Å². The van der Waals surface area contributed by atoms with Gasteiger partial charge in [-0.15, -0.1) is 0 Å². The Hall–Kier alpha value is -1.22. The number of likely N-dealkylation sites (N-methyl/N-ethyl adjacent to an activating group) is 1. The molecule has 0 saturated carbocycles. The lowest BCUT2D eigenvalue weighted by atomic mass is 10.1. The monoisotopic (exact) mass is 207 g/mol. The van der Waals surface area contributed by atoms with E-state index in [0.29, 0.717) is 0 Å². The van der Waals surface area contributed by atoms with Gasteiger partial charge in [0.25, 0.3) is 0 Å². The lowest BCUT2D eigenvalue weighted by molar-refractivity contribution is 0.425. The number of nitrogen functional groups attached to an aromatic ring is 1. The Morgan fingerprint density at radius 1 is 1.33 bits per heavy atom. The van der Waals surface area contributed by atoms with Crippen LogP contribution in [0.2, 0.25) is 0 Å². The number of rotatable bonds is 5. The number of nitrogens with zero attached hydrogens (tertiary/aromatic N) is 1. The third-order valence-corrected chi connectivity index (χ3v) is 2.40. The van der Waals surface area contributed by atoms with Crippen LogP contribution in [0.1, 0.15) is 12.5 Å². The number of nitrogens with two attached hydrogens (primary N) is 1. The van der Waals surface area contributed by atoms with Crippen LogP contribution in [0, 0.1) is 0 Å². The molecule has 0 bridgehead atoms. The number of hydrogen-bond acceptors (Lipinski definition) is 3. The van der Waals surface area contributed by atoms with Crippen LogP contribution in [0.5, 0.6) is 0 Å². The average Bonchev–Trinajstić information content (AvgIpc) is 2.20. The quantitative estimate of drug-likeness (QED) is 0.723. The van der Waals surface area contributed by atoms with E-state index in [1.807, 2.05) is 6.07 Å². The first-order valence-electron chi connectivity index (χ1n) is 5.40. The molecule has 0 heterocycles. The molecular formula is C12H21N3. The van der Waals surface area contributed by atoms with Gasteiger partial charge in [0.1, 0.15) is 0 Å². The predicted octanol–water partition coefficient (Wildman–Crippen LogP) is 1.80. The van der Waals surface area contributed by atoms with Gasteiger partial charge in [0.15, 0.2) is 0 Å². The molecule has 0 atom stereocenters. The van der Waals surface area contributed by atoms with Crippen LogP contribution in [-0.4, -0.2) is 32.1 Å². The van der Waals surface area contributed by atoms with Gasteiger partial charge in [-0.1, -0.05) is 13.0 Å². The highest BCUT2D eigenvalue weighted by Gasteiger charge is 1.99. The molecule has 0 radical (unpaired) electrons. The standard InChI is InChI=1S/C12H21N3/c1-4-10-5-6-12(11(13)9-10)14-7-8-15(2)3/h5-6,9,14H,4,7-8,13H2,1-3H3. The molecule has 1 rings (SSSR count). The number of aryl methyl sites for hydroxylation is 1. The number of anilines is 2. The molecule has 15 heavy (non-hydrogen) atoms. The summed E-state index contributed by atoms with van der Waals surface area (Å²) in [5.41, 5.74) is 9.10. The van der Waals surface area contributed by atoms with E-state index in [0.717, 1.165) is 30.9 Å². The topological polar surface area (TPSA) is 41.3 Å². The fourth-order valence-electron chi connectivity index (χ4n) is 1.41. The summed E-state index contributed by atoms with van der Waals surface area (Å²) in [4.78, 5) is 2.14. The van der Waals surface area contributed by atoms with Crippen molar-refractivity contribution in [3.05, 3.63) is 23.8 Å². The van der Waals surface area contributed by atoms with Gasteiger partial charge in [0.05, 0.1) is 11.4 Å². The lowest BCUT2D eigenvalue weighted by Crippen LogP contribution is -2.21. The van der Waals surface area contributed by atoms with Crippen molar-refractivity contribution in [2.75, 3.05) is 38.2 Å². The fourth-order valence-corrected chi connectivity index (χ4v) is 1.41. The molecule has 1 aromatic carbocycles. The van der Waals surface area contributed by atoms with Gasteiger partial charge in [-0.05, 0) is 38.2 Å². The molecule has 0 aliphatic rings. The number of nitrogens with one attached hydrogen (secondary N) is 1. The SMILES string of the molecule is CCc1ccc(NCCN(C)C)c(N)c1. The molecule has 84 valence electrons. The van der Waals surface area contributed by atoms with E-state index in [4.69, 9.17) is 5.73 Å². The molecule has 0 spiro atoms. The molecule has 0 saturated heterocycles. The average molecular weight is 207 g/mol. The Labute approximate surface area is 92.3 Å². The first-order chi connectivity index (χ1) is 7.13. The third-order valence-electron chi connectivity index (χ3n) is 2.40. The molecule has 0 unspecified atom stereocenters. The highest BCUT2D eigenvalue weighted by Crippen LogP contribution is 2.19. The second-order valence-corrected chi connectivity index (χ2v) is 4.01. The second-order valence-electron chi connectivity index (χ2n) is 4.01. The van der Waals surface area contributed by atoms with E-state index < -0.39 is 0 Å². The van der Waals surface area contributed by atoms with E-state index in [2.05, 4.69) is 43.4 Å². The maximum atomic E-state index is 5.94. The molecule has 3 heteroatoms. The molecule has 0 aliphatic carbocycles. The van der Waals surface area contributed by atoms with Crippen LogP contribution in [0.15, 0.2) is 18.2 Å². The molecule has 0 aromatic heterocycles. The maximum absolute atomic E-state index is 5.94. The summed E-state index contributed by atoms with van der Waals surface area (Å²) in [5.74, 6) is 0. The zero-order valence-corrected chi connectivity index (χ0v) is 9.88. The van der Waals surface area contributed by atoms with Crippen LogP contribution in [-0.2, 0) is 6.42 Å². The summed E-state index contributed by atoms with van der Waals surface area (Å²) >= 11 is 0. The van der Waals surface area contributed by atoms with Crippen LogP contribution in [0.3, 0.4) is 0 Å². The third kappa shape index (κ3) is 3.80. The van der Waals surface area contributed by atoms with E-state index in [-0.39, 0.29) is 0 Å². The van der Waals surface area contributed by atoms with Crippen molar-refractivity contribution in [1.29, 1.82) is 0 Å². The van der Waals surface area contributed by atoms with Crippen LogP contribution in [0.25, 0.3) is 0 Å². The van der Waals surface area contributed by atoms with Crippen molar-refractivity contribution in [3.8, 4) is 0 Å². The minimum atomic E-state index is 0.841. The Bertz CT molecular complexity index is 308. The molecule has 0 aliphatic heterocycles. The molecule has 0 fully saturated rings. The predicted molar refractivity (Wildman–Crippen MR) is 67.3 cm³/mol. The number of hydrogen-bond donors (Lipinski definition) is 2. The Morgan fingerprint density at radius 2 is 2.07 bits per heavy atom. The van der Waals surface area contributed by atoms with E-state index in [1.54, 1.807) is 0 Å². The number of benzene rings is 1. The van der Waals surface area contributed by atoms with Crippen LogP contribution >= 0.6 is 0 Å². The highest BCUT2D eigenvalue weighted by atomic mass is 15.1. The minimum absolute atomic E-state index is 0.841. The normalized spacial score (nSPS) is 10.7. The first kappa shape index (κ1) is 11.9. The molecule has 1 aromatic rings. The van der Waals surface area contributed by atoms with Crippen molar-refractivity contribution < 1.29 is 0 Å². The molecule has 0 amide bonds. The van der Waals surface area contributed by atoms with Crippen molar-refractivity contribution in [3.63, 3.8) is 0 Å². The second kappa shape index (κ2) is 5.61. The van der Waals surface area contributed by atoms with Gasteiger partial charge in [0.2, 0.25) is 0 Å². The van der Waals surface area contributed by atoms with Crippen molar-refractivity contribution in [2.45, 2.75) is 13.3 Å². The molecule has 3 nitrogen and oxygen atoms in total. The summed E-state index contributed by atoms with van der Waals surface area (Å²) in [7, 11) is 4.12. The Morgan fingerprint density at radius 3 is 2.60 bits per heavy atom. The van der Waals surface area contributed by atoms with Gasteiger partial charge in [0, 0.05) is 13.1 Å². The maximum Gasteiger partial charge on any atom is 0.0574 e. The smallest absolute Gasteiger partial charge is 0.0574 e. The molecular weight excluding hydrogens is 186 g/mol. The minimum Gasteiger partial charge on any atom is -0.397 e. The highest BCUT2D eigenvalue weighted by molar-refractivity contribution is 5.66. The zero-order chi connectivity index (χ0) is 11.3. The van der Waals surface area contributed by atoms with Gasteiger partial charge in [-0.25, -0.2) is 0 Å². The summed E-state index contributed by atoms with van der Waals surface area (Å²) in [6.45, 7) is 4.06. The summed E-state index contributed by atoms with van der Waals surface area (Å²) in [6.07, 6.45) is 1.03. The van der Waals surface area contributed by atoms with Gasteiger partial charge in [-0.3, -0.25) is 0 Å². The Kier molecular flexibility index (Phi) is 4.43.